The zero-order valence-corrected chi connectivity index (χ0v) is 16.4. The van der Waals surface area contributed by atoms with Crippen LogP contribution in [0.4, 0.5) is 17.6 Å². The SMILES string of the molecule is CNS(=O)(=O)Cc1cccc(Nc2ncnc(N3CCC[C@@H]3C(=O)OC)n2)c1. The average molecular weight is 406 g/mol. The van der Waals surface area contributed by atoms with Crippen LogP contribution in [0.3, 0.4) is 0 Å². The van der Waals surface area contributed by atoms with Gasteiger partial charge in [0, 0.05) is 12.2 Å². The van der Waals surface area contributed by atoms with Crippen molar-refractivity contribution in [3.63, 3.8) is 0 Å². The first kappa shape index (κ1) is 20.0. The topological polar surface area (TPSA) is 126 Å². The molecule has 1 aliphatic heterocycles. The molecular weight excluding hydrogens is 384 g/mol. The van der Waals surface area contributed by atoms with Gasteiger partial charge < -0.3 is 15.0 Å². The van der Waals surface area contributed by atoms with Crippen molar-refractivity contribution < 1.29 is 17.9 Å². The van der Waals surface area contributed by atoms with Crippen molar-refractivity contribution in [2.24, 2.45) is 0 Å². The first-order valence-electron chi connectivity index (χ1n) is 8.72. The Morgan fingerprint density at radius 3 is 2.93 bits per heavy atom. The van der Waals surface area contributed by atoms with Gasteiger partial charge in [0.1, 0.15) is 12.4 Å². The highest BCUT2D eigenvalue weighted by molar-refractivity contribution is 7.88. The third kappa shape index (κ3) is 4.73. The molecule has 2 heterocycles. The van der Waals surface area contributed by atoms with Crippen LogP contribution >= 0.6 is 0 Å². The Morgan fingerprint density at radius 1 is 1.36 bits per heavy atom. The number of methoxy groups -OCH3 is 1. The van der Waals surface area contributed by atoms with Crippen molar-refractivity contribution in [2.75, 3.05) is 30.9 Å². The van der Waals surface area contributed by atoms with Gasteiger partial charge in [-0.05, 0) is 37.6 Å². The van der Waals surface area contributed by atoms with E-state index in [4.69, 9.17) is 4.74 Å². The molecule has 1 aromatic carbocycles. The largest absolute Gasteiger partial charge is 0.467 e. The predicted octanol–water partition coefficient (Wildman–Crippen LogP) is 0.806. The number of hydrogen-bond donors (Lipinski definition) is 2. The summed E-state index contributed by atoms with van der Waals surface area (Å²) >= 11 is 0. The molecule has 150 valence electrons. The number of rotatable bonds is 7. The molecule has 1 fully saturated rings. The molecule has 11 heteroatoms. The van der Waals surface area contributed by atoms with Gasteiger partial charge in [0.05, 0.1) is 12.9 Å². The van der Waals surface area contributed by atoms with Gasteiger partial charge in [-0.25, -0.2) is 27.9 Å². The number of anilines is 3. The lowest BCUT2D eigenvalue weighted by atomic mass is 10.2. The van der Waals surface area contributed by atoms with Gasteiger partial charge in [0.15, 0.2) is 0 Å². The van der Waals surface area contributed by atoms with Gasteiger partial charge >= 0.3 is 5.97 Å². The molecule has 0 spiro atoms. The molecule has 1 aromatic heterocycles. The number of aromatic nitrogens is 3. The summed E-state index contributed by atoms with van der Waals surface area (Å²) in [5.74, 6) is 0.245. The molecule has 3 rings (SSSR count). The number of carbonyl (C=O) groups is 1. The molecule has 0 unspecified atom stereocenters. The van der Waals surface area contributed by atoms with E-state index in [9.17, 15) is 13.2 Å². The summed E-state index contributed by atoms with van der Waals surface area (Å²) in [7, 11) is -0.626. The quantitative estimate of drug-likeness (QED) is 0.642. The summed E-state index contributed by atoms with van der Waals surface area (Å²) in [6.07, 6.45) is 2.89. The lowest BCUT2D eigenvalue weighted by Crippen LogP contribution is -2.38. The molecule has 0 bridgehead atoms. The third-order valence-corrected chi connectivity index (χ3v) is 5.73. The monoisotopic (exact) mass is 406 g/mol. The summed E-state index contributed by atoms with van der Waals surface area (Å²) in [4.78, 5) is 26.4. The van der Waals surface area contributed by atoms with E-state index < -0.39 is 16.1 Å². The zero-order chi connectivity index (χ0) is 20.1. The number of benzene rings is 1. The van der Waals surface area contributed by atoms with Crippen LogP contribution in [0.5, 0.6) is 0 Å². The number of esters is 1. The van der Waals surface area contributed by atoms with E-state index in [1.54, 1.807) is 29.2 Å². The Morgan fingerprint density at radius 2 is 2.18 bits per heavy atom. The highest BCUT2D eigenvalue weighted by Gasteiger charge is 2.33. The Kier molecular flexibility index (Phi) is 6.05. The van der Waals surface area contributed by atoms with Crippen LogP contribution in [-0.2, 0) is 25.3 Å². The lowest BCUT2D eigenvalue weighted by molar-refractivity contribution is -0.141. The fraction of sp³-hybridized carbons (Fsp3) is 0.412. The predicted molar refractivity (Wildman–Crippen MR) is 104 cm³/mol. The molecule has 2 N–H and O–H groups in total. The first-order chi connectivity index (χ1) is 13.4. The van der Waals surface area contributed by atoms with E-state index in [0.29, 0.717) is 36.1 Å². The number of carbonyl (C=O) groups excluding carboxylic acids is 1. The molecular formula is C17H22N6O4S. The Balaban J connectivity index is 1.77. The fourth-order valence-electron chi connectivity index (χ4n) is 3.03. The molecule has 1 saturated heterocycles. The second-order valence-electron chi connectivity index (χ2n) is 6.27. The number of hydrogen-bond acceptors (Lipinski definition) is 9. The first-order valence-corrected chi connectivity index (χ1v) is 10.4. The summed E-state index contributed by atoms with van der Waals surface area (Å²) in [6.45, 7) is 0.653. The highest BCUT2D eigenvalue weighted by atomic mass is 32.2. The summed E-state index contributed by atoms with van der Waals surface area (Å²) in [5, 5.41) is 3.05. The van der Waals surface area contributed by atoms with Gasteiger partial charge in [-0.2, -0.15) is 4.98 Å². The minimum absolute atomic E-state index is 0.129. The summed E-state index contributed by atoms with van der Waals surface area (Å²) in [6, 6.07) is 6.57. The number of nitrogens with one attached hydrogen (secondary N) is 2. The molecule has 10 nitrogen and oxygen atoms in total. The van der Waals surface area contributed by atoms with Crippen LogP contribution in [0.1, 0.15) is 18.4 Å². The number of nitrogens with zero attached hydrogens (tertiary/aromatic N) is 4. The lowest BCUT2D eigenvalue weighted by Gasteiger charge is -2.22. The van der Waals surface area contributed by atoms with E-state index in [0.717, 1.165) is 6.42 Å². The molecule has 0 amide bonds. The van der Waals surface area contributed by atoms with E-state index in [2.05, 4.69) is 25.0 Å². The van der Waals surface area contributed by atoms with Gasteiger partial charge in [0.2, 0.25) is 21.9 Å². The van der Waals surface area contributed by atoms with Crippen molar-refractivity contribution in [2.45, 2.75) is 24.6 Å². The van der Waals surface area contributed by atoms with Crippen LogP contribution in [0, 0.1) is 0 Å². The van der Waals surface area contributed by atoms with Crippen molar-refractivity contribution in [1.29, 1.82) is 0 Å². The average Bonchev–Trinajstić information content (AvgIpc) is 3.17. The molecule has 1 atom stereocenters. The maximum Gasteiger partial charge on any atom is 0.328 e. The van der Waals surface area contributed by atoms with Crippen molar-refractivity contribution in [3.8, 4) is 0 Å². The number of ether oxygens (including phenoxy) is 1. The Hall–Kier alpha value is -2.79. The maximum absolute atomic E-state index is 11.9. The van der Waals surface area contributed by atoms with E-state index in [-0.39, 0.29) is 11.7 Å². The van der Waals surface area contributed by atoms with Crippen LogP contribution in [0.15, 0.2) is 30.6 Å². The van der Waals surface area contributed by atoms with Gasteiger partial charge in [-0.3, -0.25) is 0 Å². The molecule has 1 aliphatic rings. The van der Waals surface area contributed by atoms with Gasteiger partial charge in [-0.1, -0.05) is 12.1 Å². The Bertz CT molecular complexity index is 952. The molecule has 28 heavy (non-hydrogen) atoms. The van der Waals surface area contributed by atoms with Crippen LogP contribution in [-0.4, -0.2) is 56.1 Å². The van der Waals surface area contributed by atoms with Crippen molar-refractivity contribution >= 4 is 33.6 Å². The van der Waals surface area contributed by atoms with Gasteiger partial charge in [0.25, 0.3) is 0 Å². The van der Waals surface area contributed by atoms with E-state index in [1.165, 1.54) is 20.5 Å². The van der Waals surface area contributed by atoms with E-state index >= 15 is 0 Å². The summed E-state index contributed by atoms with van der Waals surface area (Å²) < 4.78 is 30.6. The van der Waals surface area contributed by atoms with Crippen LogP contribution in [0.2, 0.25) is 0 Å². The standard InChI is InChI=1S/C17H22N6O4S/c1-18-28(25,26)10-12-5-3-6-13(9-12)21-16-19-11-20-17(22-16)23-8-4-7-14(23)15(24)27-2/h3,5-6,9,11,14,18H,4,7-8,10H2,1-2H3,(H,19,20,21,22)/t14-/m1/s1. The molecule has 2 aromatic rings. The van der Waals surface area contributed by atoms with Crippen LogP contribution < -0.4 is 14.9 Å². The molecule has 0 aliphatic carbocycles. The molecule has 0 radical (unpaired) electrons. The van der Waals surface area contributed by atoms with Crippen molar-refractivity contribution in [1.82, 2.24) is 19.7 Å². The van der Waals surface area contributed by atoms with Gasteiger partial charge in [-0.15, -0.1) is 0 Å². The second kappa shape index (κ2) is 8.48. The number of sulfonamides is 1. The maximum atomic E-state index is 11.9. The summed E-state index contributed by atoms with van der Waals surface area (Å²) in [5.41, 5.74) is 1.27. The second-order valence-corrected chi connectivity index (χ2v) is 8.20. The minimum atomic E-state index is -3.37. The van der Waals surface area contributed by atoms with Crippen molar-refractivity contribution in [3.05, 3.63) is 36.2 Å². The Labute approximate surface area is 163 Å². The van der Waals surface area contributed by atoms with Crippen LogP contribution in [0.25, 0.3) is 0 Å². The normalized spacial score (nSPS) is 16.8. The smallest absolute Gasteiger partial charge is 0.328 e. The fourth-order valence-corrected chi connectivity index (χ4v) is 3.80. The minimum Gasteiger partial charge on any atom is -0.467 e. The highest BCUT2D eigenvalue weighted by Crippen LogP contribution is 2.24. The molecule has 0 saturated carbocycles. The zero-order valence-electron chi connectivity index (χ0n) is 15.6. The third-order valence-electron chi connectivity index (χ3n) is 4.39. The van der Waals surface area contributed by atoms with E-state index in [1.807, 2.05) is 0 Å².